The highest BCUT2D eigenvalue weighted by molar-refractivity contribution is 6.18. The molecule has 0 atom stereocenters. The average molecular weight is 304 g/mol. The molecule has 0 unspecified atom stereocenters. The SMILES string of the molecule is c1ccc2c(c1)ccc1cc3cc4c5c(cccc5c3cc12)CC4. The largest absolute Gasteiger partial charge is 0.0616 e. The third-order valence-corrected chi connectivity index (χ3v) is 5.67. The number of rotatable bonds is 0. The van der Waals surface area contributed by atoms with E-state index in [-0.39, 0.29) is 0 Å². The van der Waals surface area contributed by atoms with Crippen molar-refractivity contribution in [3.63, 3.8) is 0 Å². The van der Waals surface area contributed by atoms with E-state index in [1.54, 1.807) is 0 Å². The van der Waals surface area contributed by atoms with Crippen molar-refractivity contribution in [2.45, 2.75) is 12.8 Å². The molecule has 0 saturated heterocycles. The van der Waals surface area contributed by atoms with Crippen molar-refractivity contribution in [3.8, 4) is 0 Å². The number of fused-ring (bicyclic) bond motifs is 5. The normalized spacial score (nSPS) is 13.5. The zero-order valence-electron chi connectivity index (χ0n) is 13.3. The van der Waals surface area contributed by atoms with Gasteiger partial charge in [-0.05, 0) is 79.2 Å². The maximum Gasteiger partial charge on any atom is -0.00985 e. The summed E-state index contributed by atoms with van der Waals surface area (Å²) >= 11 is 0. The number of hydrogen-bond donors (Lipinski definition) is 0. The first kappa shape index (κ1) is 12.5. The third kappa shape index (κ3) is 1.53. The molecule has 0 spiro atoms. The van der Waals surface area contributed by atoms with Gasteiger partial charge in [0, 0.05) is 0 Å². The molecule has 0 nitrogen and oxygen atoms in total. The van der Waals surface area contributed by atoms with Crippen LogP contribution in [0.4, 0.5) is 0 Å². The summed E-state index contributed by atoms with van der Waals surface area (Å²) in [6.07, 6.45) is 2.37. The van der Waals surface area contributed by atoms with E-state index in [4.69, 9.17) is 0 Å². The second-order valence-electron chi connectivity index (χ2n) is 6.96. The molecule has 112 valence electrons. The van der Waals surface area contributed by atoms with Gasteiger partial charge >= 0.3 is 0 Å². The molecule has 0 heterocycles. The smallest absolute Gasteiger partial charge is 0.00985 e. The summed E-state index contributed by atoms with van der Waals surface area (Å²) in [5, 5.41) is 11.1. The molecule has 0 N–H and O–H groups in total. The van der Waals surface area contributed by atoms with Crippen LogP contribution in [0.5, 0.6) is 0 Å². The summed E-state index contributed by atoms with van der Waals surface area (Å²) < 4.78 is 0. The lowest BCUT2D eigenvalue weighted by Gasteiger charge is -2.10. The zero-order valence-corrected chi connectivity index (χ0v) is 13.3. The van der Waals surface area contributed by atoms with E-state index in [2.05, 4.69) is 72.8 Å². The molecule has 1 aliphatic rings. The van der Waals surface area contributed by atoms with Crippen LogP contribution in [0.15, 0.2) is 72.8 Å². The second kappa shape index (κ2) is 4.36. The van der Waals surface area contributed by atoms with Crippen molar-refractivity contribution in [2.75, 3.05) is 0 Å². The van der Waals surface area contributed by atoms with Gasteiger partial charge in [-0.25, -0.2) is 0 Å². The van der Waals surface area contributed by atoms with Gasteiger partial charge in [0.15, 0.2) is 0 Å². The van der Waals surface area contributed by atoms with Gasteiger partial charge in [-0.15, -0.1) is 0 Å². The van der Waals surface area contributed by atoms with Crippen LogP contribution in [-0.4, -0.2) is 0 Å². The first-order chi connectivity index (χ1) is 11.9. The minimum Gasteiger partial charge on any atom is -0.0616 e. The molecule has 1 aliphatic carbocycles. The van der Waals surface area contributed by atoms with Crippen LogP contribution in [0.25, 0.3) is 43.1 Å². The lowest BCUT2D eigenvalue weighted by Crippen LogP contribution is -1.85. The maximum absolute atomic E-state index is 2.42. The molecule has 0 bridgehead atoms. The highest BCUT2D eigenvalue weighted by Gasteiger charge is 2.16. The van der Waals surface area contributed by atoms with Crippen molar-refractivity contribution in [1.29, 1.82) is 0 Å². The Morgan fingerprint density at radius 1 is 0.458 bits per heavy atom. The summed E-state index contributed by atoms with van der Waals surface area (Å²) in [4.78, 5) is 0. The van der Waals surface area contributed by atoms with Crippen molar-refractivity contribution in [1.82, 2.24) is 0 Å². The molecule has 0 aliphatic heterocycles. The van der Waals surface area contributed by atoms with Crippen LogP contribution in [-0.2, 0) is 12.8 Å². The molecule has 0 radical (unpaired) electrons. The summed E-state index contributed by atoms with van der Waals surface area (Å²) in [7, 11) is 0. The molecular formula is C24H16. The van der Waals surface area contributed by atoms with Gasteiger partial charge in [0.2, 0.25) is 0 Å². The van der Waals surface area contributed by atoms with Crippen molar-refractivity contribution in [2.24, 2.45) is 0 Å². The summed E-state index contributed by atoms with van der Waals surface area (Å²) in [6.45, 7) is 0. The minimum atomic E-state index is 1.18. The summed E-state index contributed by atoms with van der Waals surface area (Å²) in [6, 6.07) is 27.2. The van der Waals surface area contributed by atoms with Gasteiger partial charge in [-0.1, -0.05) is 60.7 Å². The molecule has 24 heavy (non-hydrogen) atoms. The fourth-order valence-corrected chi connectivity index (χ4v) is 4.56. The van der Waals surface area contributed by atoms with Crippen LogP contribution < -0.4 is 0 Å². The first-order valence-electron chi connectivity index (χ1n) is 8.67. The number of benzene rings is 5. The van der Waals surface area contributed by atoms with E-state index in [1.807, 2.05) is 0 Å². The second-order valence-corrected chi connectivity index (χ2v) is 6.96. The summed E-state index contributed by atoms with van der Waals surface area (Å²) in [5.41, 5.74) is 3.04. The molecule has 5 aromatic carbocycles. The number of aryl methyl sites for hydroxylation is 2. The molecule has 6 rings (SSSR count). The zero-order chi connectivity index (χ0) is 15.7. The Hall–Kier alpha value is -2.86. The predicted octanol–water partition coefficient (Wildman–Crippen LogP) is 6.40. The summed E-state index contributed by atoms with van der Waals surface area (Å²) in [5.74, 6) is 0. The lowest BCUT2D eigenvalue weighted by atomic mass is 9.93. The highest BCUT2D eigenvalue weighted by Crippen LogP contribution is 2.38. The standard InChI is InChI=1S/C24H16/c1-2-6-20-15(4-1)8-10-17-12-19-13-18-11-9-16-5-3-7-21(24(16)18)23(19)14-22(17)20/h1-8,10,12-14H,9,11H2. The van der Waals surface area contributed by atoms with Crippen molar-refractivity contribution >= 4 is 43.1 Å². The quantitative estimate of drug-likeness (QED) is 0.229. The van der Waals surface area contributed by atoms with E-state index in [1.165, 1.54) is 67.1 Å². The Labute approximate surface area is 140 Å². The lowest BCUT2D eigenvalue weighted by molar-refractivity contribution is 1.03. The first-order valence-corrected chi connectivity index (χ1v) is 8.67. The Morgan fingerprint density at radius 2 is 1.25 bits per heavy atom. The van der Waals surface area contributed by atoms with Crippen LogP contribution in [0, 0.1) is 0 Å². The molecule has 5 aromatic rings. The van der Waals surface area contributed by atoms with Crippen molar-refractivity contribution < 1.29 is 0 Å². The van der Waals surface area contributed by atoms with E-state index in [0.717, 1.165) is 0 Å². The van der Waals surface area contributed by atoms with Gasteiger partial charge in [-0.2, -0.15) is 0 Å². The molecular weight excluding hydrogens is 288 g/mol. The Kier molecular flexibility index (Phi) is 2.28. The number of hydrogen-bond acceptors (Lipinski definition) is 0. The van der Waals surface area contributed by atoms with E-state index in [0.29, 0.717) is 0 Å². The van der Waals surface area contributed by atoms with E-state index < -0.39 is 0 Å². The van der Waals surface area contributed by atoms with Gasteiger partial charge in [0.05, 0.1) is 0 Å². The van der Waals surface area contributed by atoms with Crippen LogP contribution in [0.2, 0.25) is 0 Å². The Morgan fingerprint density at radius 3 is 2.25 bits per heavy atom. The van der Waals surface area contributed by atoms with Gasteiger partial charge < -0.3 is 0 Å². The topological polar surface area (TPSA) is 0 Å². The highest BCUT2D eigenvalue weighted by atomic mass is 14.2. The molecule has 0 saturated carbocycles. The minimum absolute atomic E-state index is 1.18. The molecule has 0 heteroatoms. The van der Waals surface area contributed by atoms with E-state index >= 15 is 0 Å². The third-order valence-electron chi connectivity index (χ3n) is 5.67. The van der Waals surface area contributed by atoms with Gasteiger partial charge in [-0.3, -0.25) is 0 Å². The molecule has 0 fully saturated rings. The van der Waals surface area contributed by atoms with Gasteiger partial charge in [0.25, 0.3) is 0 Å². The Balaban J connectivity index is 1.88. The maximum atomic E-state index is 2.42. The Bertz CT molecular complexity index is 1290. The van der Waals surface area contributed by atoms with Crippen LogP contribution >= 0.6 is 0 Å². The molecule has 0 amide bonds. The molecule has 0 aromatic heterocycles. The predicted molar refractivity (Wildman–Crippen MR) is 104 cm³/mol. The fourth-order valence-electron chi connectivity index (χ4n) is 4.56. The fraction of sp³-hybridized carbons (Fsp3) is 0.0833. The van der Waals surface area contributed by atoms with Crippen molar-refractivity contribution in [3.05, 3.63) is 83.9 Å². The van der Waals surface area contributed by atoms with Gasteiger partial charge in [0.1, 0.15) is 0 Å². The van der Waals surface area contributed by atoms with Crippen LogP contribution in [0.3, 0.4) is 0 Å². The van der Waals surface area contributed by atoms with E-state index in [9.17, 15) is 0 Å². The van der Waals surface area contributed by atoms with Crippen LogP contribution in [0.1, 0.15) is 11.1 Å². The average Bonchev–Trinajstić information content (AvgIpc) is 3.05. The monoisotopic (exact) mass is 304 g/mol.